The van der Waals surface area contributed by atoms with Crippen molar-refractivity contribution in [2.45, 2.75) is 25.7 Å². The topological polar surface area (TPSA) is 63.6 Å². The highest BCUT2D eigenvalue weighted by molar-refractivity contribution is 6.10. The van der Waals surface area contributed by atoms with E-state index in [0.29, 0.717) is 23.3 Å². The largest absolute Gasteiger partial charge is 0.494 e. The number of hydrogen-bond acceptors (Lipinski definition) is 4. The molecule has 164 valence electrons. The SMILES string of the molecule is O=C(C=Cc1ccccc1)c1ccc(C(=O)c2ccc(OCCCCCCO)cc2)cc1. The van der Waals surface area contributed by atoms with Gasteiger partial charge in [-0.25, -0.2) is 0 Å². The van der Waals surface area contributed by atoms with E-state index in [1.165, 1.54) is 6.08 Å². The number of rotatable bonds is 12. The molecule has 0 bridgehead atoms. The Labute approximate surface area is 189 Å². The molecule has 32 heavy (non-hydrogen) atoms. The van der Waals surface area contributed by atoms with Crippen molar-refractivity contribution in [3.8, 4) is 5.75 Å². The number of allylic oxidation sites excluding steroid dienone is 1. The molecule has 0 aliphatic carbocycles. The van der Waals surface area contributed by atoms with Crippen LogP contribution in [0.2, 0.25) is 0 Å². The smallest absolute Gasteiger partial charge is 0.193 e. The van der Waals surface area contributed by atoms with Gasteiger partial charge in [0.1, 0.15) is 5.75 Å². The van der Waals surface area contributed by atoms with Gasteiger partial charge < -0.3 is 9.84 Å². The highest BCUT2D eigenvalue weighted by Gasteiger charge is 2.10. The van der Waals surface area contributed by atoms with Crippen LogP contribution in [0.3, 0.4) is 0 Å². The molecule has 4 nitrogen and oxygen atoms in total. The van der Waals surface area contributed by atoms with Crippen LogP contribution in [0.5, 0.6) is 5.75 Å². The first-order valence-corrected chi connectivity index (χ1v) is 10.9. The van der Waals surface area contributed by atoms with Crippen molar-refractivity contribution in [3.05, 3.63) is 107 Å². The minimum Gasteiger partial charge on any atom is -0.494 e. The van der Waals surface area contributed by atoms with Crippen LogP contribution in [0, 0.1) is 0 Å². The first kappa shape index (κ1) is 23.2. The quantitative estimate of drug-likeness (QED) is 0.227. The summed E-state index contributed by atoms with van der Waals surface area (Å²) in [4.78, 5) is 25.1. The predicted octanol–water partition coefficient (Wildman–Crippen LogP) is 5.75. The van der Waals surface area contributed by atoms with Crippen molar-refractivity contribution in [1.29, 1.82) is 0 Å². The molecule has 4 heteroatoms. The molecule has 0 fully saturated rings. The van der Waals surface area contributed by atoms with E-state index in [1.807, 2.05) is 30.3 Å². The minimum absolute atomic E-state index is 0.0978. The Morgan fingerprint density at radius 3 is 1.97 bits per heavy atom. The molecule has 0 heterocycles. The van der Waals surface area contributed by atoms with Gasteiger partial charge in [-0.05, 0) is 55.2 Å². The molecule has 0 aromatic heterocycles. The highest BCUT2D eigenvalue weighted by Crippen LogP contribution is 2.17. The number of ether oxygens (including phenoxy) is 1. The van der Waals surface area contributed by atoms with Gasteiger partial charge in [0.25, 0.3) is 0 Å². The Morgan fingerprint density at radius 2 is 1.31 bits per heavy atom. The number of carbonyl (C=O) groups is 2. The fraction of sp³-hybridized carbons (Fsp3) is 0.214. The third kappa shape index (κ3) is 7.03. The molecule has 0 aliphatic heterocycles. The fourth-order valence-corrected chi connectivity index (χ4v) is 3.24. The van der Waals surface area contributed by atoms with Crippen molar-refractivity contribution in [2.75, 3.05) is 13.2 Å². The van der Waals surface area contributed by atoms with E-state index in [4.69, 9.17) is 9.84 Å². The Hall–Kier alpha value is -3.50. The lowest BCUT2D eigenvalue weighted by Gasteiger charge is -2.07. The second kappa shape index (κ2) is 12.4. The van der Waals surface area contributed by atoms with Gasteiger partial charge in [0.15, 0.2) is 11.6 Å². The van der Waals surface area contributed by atoms with Crippen molar-refractivity contribution >= 4 is 17.6 Å². The Bertz CT molecular complexity index is 1020. The van der Waals surface area contributed by atoms with Crippen molar-refractivity contribution < 1.29 is 19.4 Å². The summed E-state index contributed by atoms with van der Waals surface area (Å²) in [7, 11) is 0. The summed E-state index contributed by atoms with van der Waals surface area (Å²) in [5, 5.41) is 8.78. The van der Waals surface area contributed by atoms with E-state index in [0.717, 1.165) is 37.0 Å². The van der Waals surface area contributed by atoms with Crippen LogP contribution in [0.15, 0.2) is 84.9 Å². The molecule has 3 aromatic carbocycles. The van der Waals surface area contributed by atoms with E-state index >= 15 is 0 Å². The Kier molecular flexibility index (Phi) is 8.96. The lowest BCUT2D eigenvalue weighted by atomic mass is 10.0. The lowest BCUT2D eigenvalue weighted by Crippen LogP contribution is -2.03. The fourth-order valence-electron chi connectivity index (χ4n) is 3.24. The predicted molar refractivity (Wildman–Crippen MR) is 127 cm³/mol. The van der Waals surface area contributed by atoms with Crippen LogP contribution in [0.25, 0.3) is 6.08 Å². The second-order valence-corrected chi connectivity index (χ2v) is 7.53. The van der Waals surface area contributed by atoms with Gasteiger partial charge in [-0.1, -0.05) is 67.1 Å². The van der Waals surface area contributed by atoms with Crippen LogP contribution >= 0.6 is 0 Å². The van der Waals surface area contributed by atoms with Crippen LogP contribution in [0.1, 0.15) is 57.5 Å². The number of unbranched alkanes of at least 4 members (excludes halogenated alkanes) is 3. The first-order chi connectivity index (χ1) is 15.7. The molecule has 0 aliphatic rings. The standard InChI is InChI=1S/C28H28O4/c29-20-6-1-2-7-21-32-26-17-15-25(16-18-26)28(31)24-13-11-23(12-14-24)27(30)19-10-22-8-4-3-5-9-22/h3-5,8-19,29H,1-2,6-7,20-21H2. The maximum atomic E-state index is 12.8. The van der Waals surface area contributed by atoms with Gasteiger partial charge in [0.2, 0.25) is 0 Å². The van der Waals surface area contributed by atoms with Crippen molar-refractivity contribution in [1.82, 2.24) is 0 Å². The number of aliphatic hydroxyl groups is 1. The maximum absolute atomic E-state index is 12.8. The molecule has 0 saturated heterocycles. The maximum Gasteiger partial charge on any atom is 0.193 e. The van der Waals surface area contributed by atoms with Crippen LogP contribution < -0.4 is 4.74 Å². The summed E-state index contributed by atoms with van der Waals surface area (Å²) in [6, 6.07) is 23.5. The second-order valence-electron chi connectivity index (χ2n) is 7.53. The lowest BCUT2D eigenvalue weighted by molar-refractivity contribution is 0.103. The summed E-state index contributed by atoms with van der Waals surface area (Å²) < 4.78 is 5.71. The zero-order valence-electron chi connectivity index (χ0n) is 18.1. The number of hydrogen-bond donors (Lipinski definition) is 1. The molecule has 3 aromatic rings. The summed E-state index contributed by atoms with van der Waals surface area (Å²) in [6.07, 6.45) is 7.11. The van der Waals surface area contributed by atoms with Crippen molar-refractivity contribution in [3.63, 3.8) is 0 Å². The van der Waals surface area contributed by atoms with Crippen LogP contribution in [-0.4, -0.2) is 29.9 Å². The number of carbonyl (C=O) groups excluding carboxylic acids is 2. The average molecular weight is 429 g/mol. The molecule has 1 N–H and O–H groups in total. The van der Waals surface area contributed by atoms with E-state index in [1.54, 1.807) is 54.6 Å². The van der Waals surface area contributed by atoms with Gasteiger partial charge >= 0.3 is 0 Å². The van der Waals surface area contributed by atoms with E-state index in [-0.39, 0.29) is 18.2 Å². The molecule has 0 atom stereocenters. The van der Waals surface area contributed by atoms with Gasteiger partial charge in [-0.15, -0.1) is 0 Å². The average Bonchev–Trinajstić information content (AvgIpc) is 2.85. The molecule has 0 spiro atoms. The summed E-state index contributed by atoms with van der Waals surface area (Å²) in [5.74, 6) is 0.528. The van der Waals surface area contributed by atoms with Crippen LogP contribution in [-0.2, 0) is 0 Å². The van der Waals surface area contributed by atoms with Gasteiger partial charge in [-0.2, -0.15) is 0 Å². The third-order valence-electron chi connectivity index (χ3n) is 5.10. The highest BCUT2D eigenvalue weighted by atomic mass is 16.5. The van der Waals surface area contributed by atoms with Gasteiger partial charge in [0.05, 0.1) is 6.61 Å². The van der Waals surface area contributed by atoms with Gasteiger partial charge in [-0.3, -0.25) is 9.59 Å². The monoisotopic (exact) mass is 428 g/mol. The zero-order valence-corrected chi connectivity index (χ0v) is 18.1. The summed E-state index contributed by atoms with van der Waals surface area (Å²) >= 11 is 0. The number of aliphatic hydroxyl groups excluding tert-OH is 1. The summed E-state index contributed by atoms with van der Waals surface area (Å²) in [6.45, 7) is 0.855. The van der Waals surface area contributed by atoms with E-state index in [9.17, 15) is 9.59 Å². The van der Waals surface area contributed by atoms with Crippen LogP contribution in [0.4, 0.5) is 0 Å². The normalized spacial score (nSPS) is 10.9. The Balaban J connectivity index is 1.53. The molecule has 0 saturated carbocycles. The van der Waals surface area contributed by atoms with E-state index in [2.05, 4.69) is 0 Å². The third-order valence-corrected chi connectivity index (χ3v) is 5.10. The van der Waals surface area contributed by atoms with Crippen molar-refractivity contribution in [2.24, 2.45) is 0 Å². The molecule has 0 amide bonds. The first-order valence-electron chi connectivity index (χ1n) is 10.9. The number of benzene rings is 3. The molecular formula is C28H28O4. The van der Waals surface area contributed by atoms with Gasteiger partial charge in [0, 0.05) is 23.3 Å². The van der Waals surface area contributed by atoms with E-state index < -0.39 is 0 Å². The number of ketones is 2. The zero-order chi connectivity index (χ0) is 22.6. The minimum atomic E-state index is -0.106. The Morgan fingerprint density at radius 1 is 0.719 bits per heavy atom. The molecular weight excluding hydrogens is 400 g/mol. The molecule has 3 rings (SSSR count). The molecule has 0 radical (unpaired) electrons. The summed E-state index contributed by atoms with van der Waals surface area (Å²) in [5.41, 5.74) is 2.60. The molecule has 0 unspecified atom stereocenters.